The van der Waals surface area contributed by atoms with E-state index in [1.54, 1.807) is 24.1 Å². The molecule has 0 saturated heterocycles. The summed E-state index contributed by atoms with van der Waals surface area (Å²) in [7, 11) is 1.75. The molecular formula is C20H20ClN3O2. The Labute approximate surface area is 157 Å². The average molecular weight is 370 g/mol. The molecule has 6 heteroatoms. The molecule has 0 aliphatic rings. The summed E-state index contributed by atoms with van der Waals surface area (Å²) in [6, 6.07) is 16.8. The Balaban J connectivity index is 1.75. The molecule has 2 aromatic carbocycles. The fourth-order valence-corrected chi connectivity index (χ4v) is 2.88. The summed E-state index contributed by atoms with van der Waals surface area (Å²) in [5.41, 5.74) is 2.92. The monoisotopic (exact) mass is 369 g/mol. The Kier molecular flexibility index (Phi) is 5.58. The average Bonchev–Trinajstić information content (AvgIpc) is 3.13. The molecule has 0 spiro atoms. The number of para-hydroxylation sites is 1. The summed E-state index contributed by atoms with van der Waals surface area (Å²) in [6.07, 6.45) is 0. The fourth-order valence-electron chi connectivity index (χ4n) is 2.69. The number of carbonyl (C=O) groups excluding carboxylic acids is 1. The zero-order chi connectivity index (χ0) is 18.5. The minimum Gasteiger partial charge on any atom is -0.494 e. The van der Waals surface area contributed by atoms with Crippen LogP contribution in [0.5, 0.6) is 5.75 Å². The number of hydrogen-bond acceptors (Lipinski definition) is 3. The smallest absolute Gasteiger partial charge is 0.271 e. The minimum absolute atomic E-state index is 0.142. The highest BCUT2D eigenvalue weighted by Crippen LogP contribution is 2.23. The number of halogens is 1. The van der Waals surface area contributed by atoms with Gasteiger partial charge < -0.3 is 9.64 Å². The fraction of sp³-hybridized carbons (Fsp3) is 0.200. The first-order chi connectivity index (χ1) is 12.6. The molecule has 1 amide bonds. The number of nitrogens with one attached hydrogen (secondary N) is 1. The normalized spacial score (nSPS) is 10.6. The van der Waals surface area contributed by atoms with Crippen LogP contribution in [0.2, 0.25) is 5.02 Å². The summed E-state index contributed by atoms with van der Waals surface area (Å²) in [6.45, 7) is 2.96. The number of amides is 1. The molecule has 134 valence electrons. The van der Waals surface area contributed by atoms with Crippen molar-refractivity contribution in [2.24, 2.45) is 0 Å². The molecule has 26 heavy (non-hydrogen) atoms. The number of aromatic amines is 1. The predicted molar refractivity (Wildman–Crippen MR) is 102 cm³/mol. The van der Waals surface area contributed by atoms with Crippen molar-refractivity contribution in [3.63, 3.8) is 0 Å². The van der Waals surface area contributed by atoms with Gasteiger partial charge in [0.15, 0.2) is 0 Å². The zero-order valence-corrected chi connectivity index (χ0v) is 15.5. The molecule has 3 aromatic rings. The van der Waals surface area contributed by atoms with Gasteiger partial charge >= 0.3 is 0 Å². The van der Waals surface area contributed by atoms with Crippen molar-refractivity contribution in [3.8, 4) is 17.0 Å². The first-order valence-corrected chi connectivity index (χ1v) is 8.73. The van der Waals surface area contributed by atoms with Crippen LogP contribution in [0.25, 0.3) is 11.3 Å². The van der Waals surface area contributed by atoms with Crippen LogP contribution in [0.15, 0.2) is 54.6 Å². The highest BCUT2D eigenvalue weighted by atomic mass is 35.5. The lowest BCUT2D eigenvalue weighted by atomic mass is 10.1. The number of aromatic nitrogens is 2. The zero-order valence-electron chi connectivity index (χ0n) is 14.7. The Morgan fingerprint density at radius 3 is 2.77 bits per heavy atom. The Morgan fingerprint density at radius 2 is 2.00 bits per heavy atom. The van der Waals surface area contributed by atoms with Crippen LogP contribution >= 0.6 is 11.6 Å². The molecule has 5 nitrogen and oxygen atoms in total. The Bertz CT molecular complexity index is 907. The van der Waals surface area contributed by atoms with Crippen molar-refractivity contribution >= 4 is 17.5 Å². The van der Waals surface area contributed by atoms with Crippen molar-refractivity contribution in [3.05, 3.63) is 70.9 Å². The van der Waals surface area contributed by atoms with E-state index in [1.165, 1.54) is 0 Å². The maximum absolute atomic E-state index is 12.7. The lowest BCUT2D eigenvalue weighted by molar-refractivity contribution is 0.0778. The van der Waals surface area contributed by atoms with Gasteiger partial charge in [0.05, 0.1) is 12.3 Å². The van der Waals surface area contributed by atoms with Gasteiger partial charge in [-0.1, -0.05) is 41.9 Å². The van der Waals surface area contributed by atoms with Crippen LogP contribution in [-0.2, 0) is 6.54 Å². The number of H-pyrrole nitrogens is 1. The molecule has 1 N–H and O–H groups in total. The van der Waals surface area contributed by atoms with E-state index in [1.807, 2.05) is 49.4 Å². The van der Waals surface area contributed by atoms with E-state index in [9.17, 15) is 4.79 Å². The van der Waals surface area contributed by atoms with E-state index < -0.39 is 0 Å². The molecule has 3 rings (SSSR count). The minimum atomic E-state index is -0.142. The summed E-state index contributed by atoms with van der Waals surface area (Å²) in [4.78, 5) is 14.3. The maximum atomic E-state index is 12.7. The summed E-state index contributed by atoms with van der Waals surface area (Å²) in [5.74, 6) is 0.649. The van der Waals surface area contributed by atoms with Crippen molar-refractivity contribution in [1.82, 2.24) is 15.1 Å². The molecule has 0 aliphatic heterocycles. The van der Waals surface area contributed by atoms with Gasteiger partial charge in [0.1, 0.15) is 11.4 Å². The molecule has 0 bridgehead atoms. The van der Waals surface area contributed by atoms with Crippen molar-refractivity contribution in [2.45, 2.75) is 13.5 Å². The van der Waals surface area contributed by atoms with Crippen LogP contribution < -0.4 is 4.74 Å². The van der Waals surface area contributed by atoms with Crippen LogP contribution in [0.3, 0.4) is 0 Å². The molecular weight excluding hydrogens is 350 g/mol. The first kappa shape index (κ1) is 18.0. The Morgan fingerprint density at radius 1 is 1.19 bits per heavy atom. The highest BCUT2D eigenvalue weighted by molar-refractivity contribution is 6.30. The number of benzene rings is 2. The van der Waals surface area contributed by atoms with E-state index in [0.29, 0.717) is 29.6 Å². The quantitative estimate of drug-likeness (QED) is 0.700. The van der Waals surface area contributed by atoms with Gasteiger partial charge in [0.2, 0.25) is 0 Å². The second-order valence-corrected chi connectivity index (χ2v) is 6.32. The van der Waals surface area contributed by atoms with Crippen molar-refractivity contribution in [1.29, 1.82) is 0 Å². The summed E-state index contributed by atoms with van der Waals surface area (Å²) < 4.78 is 5.63. The van der Waals surface area contributed by atoms with Gasteiger partial charge in [0, 0.05) is 29.7 Å². The number of hydrogen-bond donors (Lipinski definition) is 1. The number of rotatable bonds is 6. The molecule has 1 heterocycles. The molecule has 0 radical (unpaired) electrons. The van der Waals surface area contributed by atoms with Gasteiger partial charge in [-0.3, -0.25) is 9.89 Å². The molecule has 0 fully saturated rings. The van der Waals surface area contributed by atoms with Gasteiger partial charge in [0.25, 0.3) is 5.91 Å². The highest BCUT2D eigenvalue weighted by Gasteiger charge is 2.17. The Hall–Kier alpha value is -2.79. The molecule has 0 aliphatic carbocycles. The number of nitrogens with zero attached hydrogens (tertiary/aromatic N) is 2. The van der Waals surface area contributed by atoms with E-state index in [4.69, 9.17) is 16.3 Å². The van der Waals surface area contributed by atoms with Crippen LogP contribution in [-0.4, -0.2) is 34.7 Å². The van der Waals surface area contributed by atoms with E-state index in [0.717, 1.165) is 16.9 Å². The second kappa shape index (κ2) is 8.06. The summed E-state index contributed by atoms with van der Waals surface area (Å²) in [5, 5.41) is 7.67. The van der Waals surface area contributed by atoms with Crippen molar-refractivity contribution in [2.75, 3.05) is 13.7 Å². The largest absolute Gasteiger partial charge is 0.494 e. The number of ether oxygens (including phenoxy) is 1. The maximum Gasteiger partial charge on any atom is 0.271 e. The lowest BCUT2D eigenvalue weighted by Gasteiger charge is -2.18. The lowest BCUT2D eigenvalue weighted by Crippen LogP contribution is -2.26. The SMILES string of the molecule is CCOc1ccccc1CN(C)C(=O)c1cc(-c2cccc(Cl)c2)n[nH]1. The van der Waals surface area contributed by atoms with Crippen molar-refractivity contribution < 1.29 is 9.53 Å². The van der Waals surface area contributed by atoms with Gasteiger partial charge in [-0.05, 0) is 31.2 Å². The molecule has 0 unspecified atom stereocenters. The van der Waals surface area contributed by atoms with Crippen LogP contribution in [0, 0.1) is 0 Å². The molecule has 0 saturated carbocycles. The molecule has 1 aromatic heterocycles. The number of carbonyl (C=O) groups is 1. The van der Waals surface area contributed by atoms with Crippen LogP contribution in [0.1, 0.15) is 23.0 Å². The predicted octanol–water partition coefficient (Wildman–Crippen LogP) is 4.40. The van der Waals surface area contributed by atoms with Gasteiger partial charge in [-0.2, -0.15) is 5.10 Å². The van der Waals surface area contributed by atoms with E-state index >= 15 is 0 Å². The topological polar surface area (TPSA) is 58.2 Å². The second-order valence-electron chi connectivity index (χ2n) is 5.88. The third-order valence-corrected chi connectivity index (χ3v) is 4.19. The third-order valence-electron chi connectivity index (χ3n) is 3.96. The van der Waals surface area contributed by atoms with Gasteiger partial charge in [-0.15, -0.1) is 0 Å². The van der Waals surface area contributed by atoms with Gasteiger partial charge in [-0.25, -0.2) is 0 Å². The third kappa shape index (κ3) is 4.06. The summed E-state index contributed by atoms with van der Waals surface area (Å²) >= 11 is 6.02. The molecule has 0 atom stereocenters. The standard InChI is InChI=1S/C20H20ClN3O2/c1-3-26-19-10-5-4-7-15(19)13-24(2)20(25)18-12-17(22-23-18)14-8-6-9-16(21)11-14/h4-12H,3,13H2,1-2H3,(H,22,23). The van der Waals surface area contributed by atoms with Crippen LogP contribution in [0.4, 0.5) is 0 Å². The van der Waals surface area contributed by atoms with E-state index in [2.05, 4.69) is 10.2 Å². The first-order valence-electron chi connectivity index (χ1n) is 8.36. The van der Waals surface area contributed by atoms with E-state index in [-0.39, 0.29) is 5.91 Å².